The van der Waals surface area contributed by atoms with Gasteiger partial charge in [-0.3, -0.25) is 4.79 Å². The minimum absolute atomic E-state index is 0.0481. The van der Waals surface area contributed by atoms with E-state index >= 15 is 0 Å². The summed E-state index contributed by atoms with van der Waals surface area (Å²) in [7, 11) is 0. The lowest BCUT2D eigenvalue weighted by atomic mass is 10.1. The van der Waals surface area contributed by atoms with Gasteiger partial charge in [0.15, 0.2) is 0 Å². The van der Waals surface area contributed by atoms with Crippen LogP contribution in [0.3, 0.4) is 0 Å². The van der Waals surface area contributed by atoms with Crippen LogP contribution in [0.2, 0.25) is 0 Å². The van der Waals surface area contributed by atoms with Crippen LogP contribution in [-0.2, 0) is 0 Å². The van der Waals surface area contributed by atoms with Gasteiger partial charge >= 0.3 is 5.97 Å². The van der Waals surface area contributed by atoms with E-state index in [4.69, 9.17) is 10.8 Å². The van der Waals surface area contributed by atoms with Crippen molar-refractivity contribution in [2.24, 2.45) is 0 Å². The van der Waals surface area contributed by atoms with Gasteiger partial charge in [-0.25, -0.2) is 4.79 Å². The molecular formula is C15H14N2O4. The van der Waals surface area contributed by atoms with E-state index in [0.717, 1.165) is 0 Å². The number of nitrogens with two attached hydrogens (primary N) is 1. The third-order valence-corrected chi connectivity index (χ3v) is 2.98. The summed E-state index contributed by atoms with van der Waals surface area (Å²) in [6.07, 6.45) is 0. The lowest BCUT2D eigenvalue weighted by molar-refractivity contribution is 0.0698. The second kappa shape index (κ2) is 5.54. The third kappa shape index (κ3) is 3.11. The summed E-state index contributed by atoms with van der Waals surface area (Å²) in [5, 5.41) is 21.1. The van der Waals surface area contributed by atoms with Gasteiger partial charge in [0.05, 0.1) is 11.3 Å². The number of aryl methyl sites for hydroxylation is 1. The maximum Gasteiger partial charge on any atom is 0.337 e. The Morgan fingerprint density at radius 1 is 1.14 bits per heavy atom. The average Bonchev–Trinajstić information content (AvgIpc) is 2.41. The number of carbonyl (C=O) groups is 2. The van der Waals surface area contributed by atoms with Crippen molar-refractivity contribution in [2.75, 3.05) is 11.1 Å². The molecule has 1 amide bonds. The zero-order valence-corrected chi connectivity index (χ0v) is 11.3. The number of rotatable bonds is 3. The van der Waals surface area contributed by atoms with Gasteiger partial charge in [-0.2, -0.15) is 0 Å². The van der Waals surface area contributed by atoms with Gasteiger partial charge in [0.1, 0.15) is 5.75 Å². The van der Waals surface area contributed by atoms with E-state index in [9.17, 15) is 14.7 Å². The molecular weight excluding hydrogens is 272 g/mol. The van der Waals surface area contributed by atoms with Crippen molar-refractivity contribution >= 4 is 23.3 Å². The normalized spacial score (nSPS) is 10.1. The van der Waals surface area contributed by atoms with Crippen LogP contribution in [0.4, 0.5) is 11.4 Å². The summed E-state index contributed by atoms with van der Waals surface area (Å²) in [6, 6.07) is 8.53. The molecule has 0 saturated carbocycles. The van der Waals surface area contributed by atoms with E-state index in [1.807, 2.05) is 0 Å². The molecule has 0 unspecified atom stereocenters. The van der Waals surface area contributed by atoms with Crippen LogP contribution in [0.15, 0.2) is 36.4 Å². The van der Waals surface area contributed by atoms with Crippen LogP contribution < -0.4 is 11.1 Å². The van der Waals surface area contributed by atoms with E-state index in [-0.39, 0.29) is 17.0 Å². The molecule has 5 N–H and O–H groups in total. The maximum atomic E-state index is 12.1. The summed E-state index contributed by atoms with van der Waals surface area (Å²) >= 11 is 0. The SMILES string of the molecule is Cc1cc(C(=O)Nc2cc(N)ccc2C(=O)O)ccc1O. The summed E-state index contributed by atoms with van der Waals surface area (Å²) in [5.74, 6) is -1.56. The van der Waals surface area contributed by atoms with Crippen LogP contribution in [0.5, 0.6) is 5.75 Å². The number of carbonyl (C=O) groups excluding carboxylic acids is 1. The number of hydrogen-bond donors (Lipinski definition) is 4. The van der Waals surface area contributed by atoms with E-state index in [2.05, 4.69) is 5.32 Å². The van der Waals surface area contributed by atoms with Crippen molar-refractivity contribution in [3.63, 3.8) is 0 Å². The highest BCUT2D eigenvalue weighted by molar-refractivity contribution is 6.08. The molecule has 0 heterocycles. The van der Waals surface area contributed by atoms with E-state index in [1.54, 1.807) is 6.92 Å². The number of nitrogens with one attached hydrogen (secondary N) is 1. The van der Waals surface area contributed by atoms with Crippen molar-refractivity contribution in [1.29, 1.82) is 0 Å². The average molecular weight is 286 g/mol. The first-order valence-corrected chi connectivity index (χ1v) is 6.12. The Morgan fingerprint density at radius 3 is 2.48 bits per heavy atom. The number of carboxylic acids is 1. The van der Waals surface area contributed by atoms with Gasteiger partial charge in [-0.15, -0.1) is 0 Å². The largest absolute Gasteiger partial charge is 0.508 e. The molecule has 2 aromatic carbocycles. The Balaban J connectivity index is 2.33. The number of phenolic OH excluding ortho intramolecular Hbond substituents is 1. The highest BCUT2D eigenvalue weighted by Gasteiger charge is 2.14. The van der Waals surface area contributed by atoms with Gasteiger partial charge in [0.2, 0.25) is 0 Å². The minimum Gasteiger partial charge on any atom is -0.508 e. The number of anilines is 2. The number of amides is 1. The van der Waals surface area contributed by atoms with Gasteiger partial charge in [-0.05, 0) is 48.9 Å². The quantitative estimate of drug-likeness (QED) is 0.646. The summed E-state index contributed by atoms with van der Waals surface area (Å²) in [6.45, 7) is 1.66. The smallest absolute Gasteiger partial charge is 0.337 e. The first-order chi connectivity index (χ1) is 9.88. The Morgan fingerprint density at radius 2 is 1.86 bits per heavy atom. The molecule has 0 fully saturated rings. The molecule has 0 aliphatic heterocycles. The van der Waals surface area contributed by atoms with Crippen LogP contribution in [0.25, 0.3) is 0 Å². The highest BCUT2D eigenvalue weighted by Crippen LogP contribution is 2.22. The number of hydrogen-bond acceptors (Lipinski definition) is 4. The highest BCUT2D eigenvalue weighted by atomic mass is 16.4. The molecule has 21 heavy (non-hydrogen) atoms. The van der Waals surface area contributed by atoms with E-state index in [0.29, 0.717) is 16.8 Å². The Labute approximate surface area is 120 Å². The van der Waals surface area contributed by atoms with Crippen LogP contribution >= 0.6 is 0 Å². The Bertz CT molecular complexity index is 726. The fourth-order valence-corrected chi connectivity index (χ4v) is 1.84. The van der Waals surface area contributed by atoms with E-state index < -0.39 is 11.9 Å². The molecule has 0 radical (unpaired) electrons. The lowest BCUT2D eigenvalue weighted by Gasteiger charge is -2.10. The molecule has 0 aromatic heterocycles. The number of benzene rings is 2. The van der Waals surface area contributed by atoms with Crippen LogP contribution in [0.1, 0.15) is 26.3 Å². The number of carboxylic acid groups (broad SMARTS) is 1. The monoisotopic (exact) mass is 286 g/mol. The van der Waals surface area contributed by atoms with Crippen LogP contribution in [-0.4, -0.2) is 22.1 Å². The third-order valence-electron chi connectivity index (χ3n) is 2.98. The van der Waals surface area contributed by atoms with Crippen molar-refractivity contribution < 1.29 is 19.8 Å². The maximum absolute atomic E-state index is 12.1. The molecule has 0 atom stereocenters. The predicted molar refractivity (Wildman–Crippen MR) is 78.6 cm³/mol. The molecule has 6 nitrogen and oxygen atoms in total. The fourth-order valence-electron chi connectivity index (χ4n) is 1.84. The van der Waals surface area contributed by atoms with Crippen molar-refractivity contribution in [1.82, 2.24) is 0 Å². The molecule has 6 heteroatoms. The Kier molecular flexibility index (Phi) is 3.80. The van der Waals surface area contributed by atoms with Gasteiger partial charge in [0, 0.05) is 11.3 Å². The standard InChI is InChI=1S/C15H14N2O4/c1-8-6-9(2-5-13(8)18)14(19)17-12-7-10(16)3-4-11(12)15(20)21/h2-7,18H,16H2,1H3,(H,17,19)(H,20,21). The van der Waals surface area contributed by atoms with Crippen molar-refractivity contribution in [3.05, 3.63) is 53.1 Å². The molecule has 2 rings (SSSR count). The molecule has 0 saturated heterocycles. The van der Waals surface area contributed by atoms with Crippen molar-refractivity contribution in [3.8, 4) is 5.75 Å². The predicted octanol–water partition coefficient (Wildman–Crippen LogP) is 2.23. The van der Waals surface area contributed by atoms with Gasteiger partial charge in [-0.1, -0.05) is 0 Å². The second-order valence-electron chi connectivity index (χ2n) is 4.57. The molecule has 0 aliphatic carbocycles. The first-order valence-electron chi connectivity index (χ1n) is 6.12. The zero-order chi connectivity index (χ0) is 15.6. The number of phenols is 1. The van der Waals surface area contributed by atoms with Crippen LogP contribution in [0, 0.1) is 6.92 Å². The zero-order valence-electron chi connectivity index (χ0n) is 11.3. The summed E-state index contributed by atoms with van der Waals surface area (Å²) in [5.41, 5.74) is 6.89. The molecule has 0 spiro atoms. The van der Waals surface area contributed by atoms with Gasteiger partial charge < -0.3 is 21.3 Å². The summed E-state index contributed by atoms with van der Waals surface area (Å²) < 4.78 is 0. The molecule has 108 valence electrons. The molecule has 2 aromatic rings. The number of nitrogen functional groups attached to an aromatic ring is 1. The molecule has 0 aliphatic rings. The van der Waals surface area contributed by atoms with E-state index in [1.165, 1.54) is 36.4 Å². The fraction of sp³-hybridized carbons (Fsp3) is 0.0667. The Hall–Kier alpha value is -3.02. The van der Waals surface area contributed by atoms with Crippen molar-refractivity contribution in [2.45, 2.75) is 6.92 Å². The van der Waals surface area contributed by atoms with Gasteiger partial charge in [0.25, 0.3) is 5.91 Å². The topological polar surface area (TPSA) is 113 Å². The number of aromatic hydroxyl groups is 1. The lowest BCUT2D eigenvalue weighted by Crippen LogP contribution is -2.15. The molecule has 0 bridgehead atoms. The second-order valence-corrected chi connectivity index (χ2v) is 4.57. The summed E-state index contributed by atoms with van der Waals surface area (Å²) in [4.78, 5) is 23.3. The minimum atomic E-state index is -1.16. The number of aromatic carboxylic acids is 1. The first kappa shape index (κ1) is 14.4.